The second kappa shape index (κ2) is 9.90. The molecule has 1 aliphatic heterocycles. The highest BCUT2D eigenvalue weighted by Crippen LogP contribution is 2.46. The van der Waals surface area contributed by atoms with Crippen molar-refractivity contribution in [3.05, 3.63) is 84.4 Å². The van der Waals surface area contributed by atoms with Gasteiger partial charge in [-0.25, -0.2) is 4.79 Å². The van der Waals surface area contributed by atoms with Gasteiger partial charge in [0.05, 0.1) is 17.1 Å². The van der Waals surface area contributed by atoms with Crippen molar-refractivity contribution >= 4 is 28.8 Å². The van der Waals surface area contributed by atoms with Gasteiger partial charge in [0.1, 0.15) is 6.61 Å². The minimum atomic E-state index is -0.748. The number of thiophene rings is 1. The maximum atomic E-state index is 13.5. The maximum Gasteiger partial charge on any atom is 0.336 e. The molecule has 0 saturated heterocycles. The van der Waals surface area contributed by atoms with Gasteiger partial charge in [-0.2, -0.15) is 0 Å². The van der Waals surface area contributed by atoms with Crippen LogP contribution in [0, 0.1) is 17.0 Å². The summed E-state index contributed by atoms with van der Waals surface area (Å²) in [6, 6.07) is 8.86. The molecule has 34 heavy (non-hydrogen) atoms. The normalized spacial score (nSPS) is 20.1. The number of nitro groups is 1. The molecule has 2 atom stereocenters. The maximum absolute atomic E-state index is 13.5. The van der Waals surface area contributed by atoms with Gasteiger partial charge in [-0.15, -0.1) is 11.3 Å². The van der Waals surface area contributed by atoms with E-state index in [9.17, 15) is 19.7 Å². The summed E-state index contributed by atoms with van der Waals surface area (Å²) < 4.78 is 10.4. The minimum absolute atomic E-state index is 0.0507. The molecule has 0 fully saturated rings. The van der Waals surface area contributed by atoms with Crippen LogP contribution in [0.3, 0.4) is 0 Å². The zero-order valence-corrected chi connectivity index (χ0v) is 20.1. The van der Waals surface area contributed by atoms with E-state index in [1.807, 2.05) is 17.5 Å². The molecule has 9 heteroatoms. The molecule has 0 bridgehead atoms. The predicted octanol–water partition coefficient (Wildman–Crippen LogP) is 4.52. The van der Waals surface area contributed by atoms with Crippen molar-refractivity contribution in [2.75, 3.05) is 20.3 Å². The highest BCUT2D eigenvalue weighted by atomic mass is 32.1. The lowest BCUT2D eigenvalue weighted by Crippen LogP contribution is -2.36. The third-order valence-corrected chi connectivity index (χ3v) is 7.31. The Kier molecular flexibility index (Phi) is 6.95. The molecule has 2 heterocycles. The van der Waals surface area contributed by atoms with Crippen LogP contribution in [-0.2, 0) is 19.1 Å². The summed E-state index contributed by atoms with van der Waals surface area (Å²) in [6.07, 6.45) is 0.936. The second-order valence-electron chi connectivity index (χ2n) is 8.46. The molecule has 1 aliphatic carbocycles. The largest absolute Gasteiger partial charge is 0.460 e. The number of hydrogen-bond donors (Lipinski definition) is 1. The number of dihydropyridines is 1. The van der Waals surface area contributed by atoms with Crippen LogP contribution in [-0.4, -0.2) is 37.0 Å². The monoisotopic (exact) mass is 482 g/mol. The number of aryl methyl sites for hydroxylation is 1. The number of nitrogens with one attached hydrogen (secondary N) is 1. The number of ether oxygens (including phenoxy) is 2. The van der Waals surface area contributed by atoms with Gasteiger partial charge >= 0.3 is 5.97 Å². The first-order valence-electron chi connectivity index (χ1n) is 11.0. The Balaban J connectivity index is 1.81. The Morgan fingerprint density at radius 2 is 2.03 bits per heavy atom. The SMILES string of the molecule is COCCOC(=O)C1=C(C)NC2=C(C(=O)CC(c3cccs3)C2)C1c1ccc(C)c([N+](=O)[O-])c1. The van der Waals surface area contributed by atoms with Crippen molar-refractivity contribution in [3.8, 4) is 0 Å². The number of nitro benzene ring substituents is 1. The molecule has 178 valence electrons. The van der Waals surface area contributed by atoms with Crippen LogP contribution >= 0.6 is 11.3 Å². The molecular formula is C25H26N2O6S. The number of esters is 1. The standard InChI is InChI=1S/C25H26N2O6S/c1-14-6-7-16(12-19(14)27(30)31)23-22(25(29)33-9-8-32-3)15(2)26-18-11-17(13-20(28)24(18)23)21-5-4-10-34-21/h4-7,10,12,17,23,26H,8-9,11,13H2,1-3H3. The molecular weight excluding hydrogens is 456 g/mol. The zero-order valence-electron chi connectivity index (χ0n) is 19.3. The van der Waals surface area contributed by atoms with Gasteiger partial charge in [-0.3, -0.25) is 14.9 Å². The van der Waals surface area contributed by atoms with Gasteiger partial charge in [-0.05, 0) is 37.3 Å². The molecule has 1 aromatic carbocycles. The second-order valence-corrected chi connectivity index (χ2v) is 9.44. The van der Waals surface area contributed by atoms with E-state index in [0.29, 0.717) is 35.2 Å². The van der Waals surface area contributed by atoms with E-state index in [2.05, 4.69) is 5.32 Å². The van der Waals surface area contributed by atoms with Crippen molar-refractivity contribution in [1.82, 2.24) is 5.32 Å². The summed E-state index contributed by atoms with van der Waals surface area (Å²) in [5.41, 5.74) is 3.08. The van der Waals surface area contributed by atoms with E-state index in [0.717, 1.165) is 10.6 Å². The summed E-state index contributed by atoms with van der Waals surface area (Å²) >= 11 is 1.62. The average Bonchev–Trinajstić information content (AvgIpc) is 3.33. The lowest BCUT2D eigenvalue weighted by Gasteiger charge is -2.36. The molecule has 2 aromatic rings. The summed E-state index contributed by atoms with van der Waals surface area (Å²) in [6.45, 7) is 3.73. The van der Waals surface area contributed by atoms with Crippen LogP contribution in [0.4, 0.5) is 5.69 Å². The van der Waals surface area contributed by atoms with Crippen molar-refractivity contribution in [2.24, 2.45) is 0 Å². The fraction of sp³-hybridized carbons (Fsp3) is 0.360. The third-order valence-electron chi connectivity index (χ3n) is 6.28. The van der Waals surface area contributed by atoms with E-state index >= 15 is 0 Å². The van der Waals surface area contributed by atoms with Crippen LogP contribution < -0.4 is 5.32 Å². The van der Waals surface area contributed by atoms with Crippen molar-refractivity contribution in [3.63, 3.8) is 0 Å². The molecule has 0 amide bonds. The fourth-order valence-electron chi connectivity index (χ4n) is 4.67. The summed E-state index contributed by atoms with van der Waals surface area (Å²) in [4.78, 5) is 39.0. The van der Waals surface area contributed by atoms with Crippen LogP contribution in [0.2, 0.25) is 0 Å². The number of hydrogen-bond acceptors (Lipinski definition) is 8. The first-order valence-corrected chi connectivity index (χ1v) is 11.9. The minimum Gasteiger partial charge on any atom is -0.460 e. The highest BCUT2D eigenvalue weighted by Gasteiger charge is 2.42. The van der Waals surface area contributed by atoms with Crippen molar-refractivity contribution in [2.45, 2.75) is 38.5 Å². The Morgan fingerprint density at radius 3 is 2.71 bits per heavy atom. The van der Waals surface area contributed by atoms with E-state index in [1.54, 1.807) is 37.3 Å². The fourth-order valence-corrected chi connectivity index (χ4v) is 5.50. The lowest BCUT2D eigenvalue weighted by atomic mass is 9.72. The van der Waals surface area contributed by atoms with Crippen molar-refractivity contribution < 1.29 is 24.0 Å². The quantitative estimate of drug-likeness (QED) is 0.268. The van der Waals surface area contributed by atoms with Gasteiger partial charge in [0.25, 0.3) is 5.69 Å². The van der Waals surface area contributed by atoms with Gasteiger partial charge < -0.3 is 14.8 Å². The molecule has 0 spiro atoms. The third kappa shape index (κ3) is 4.53. The van der Waals surface area contributed by atoms with Crippen LogP contribution in [0.5, 0.6) is 0 Å². The van der Waals surface area contributed by atoms with Crippen LogP contribution in [0.1, 0.15) is 47.6 Å². The lowest BCUT2D eigenvalue weighted by molar-refractivity contribution is -0.385. The first-order chi connectivity index (χ1) is 16.3. The van der Waals surface area contributed by atoms with Gasteiger partial charge in [-0.1, -0.05) is 18.2 Å². The molecule has 8 nitrogen and oxygen atoms in total. The van der Waals surface area contributed by atoms with Crippen LogP contribution in [0.15, 0.2) is 58.3 Å². The average molecular weight is 483 g/mol. The Bertz CT molecular complexity index is 1200. The Labute approximate surface area is 201 Å². The van der Waals surface area contributed by atoms with Crippen molar-refractivity contribution in [1.29, 1.82) is 0 Å². The molecule has 2 unspecified atom stereocenters. The molecule has 0 saturated carbocycles. The number of Topliss-reactive ketones (excluding diaryl/α,β-unsaturated/α-hetero) is 1. The number of benzene rings is 1. The van der Waals surface area contributed by atoms with E-state index in [1.165, 1.54) is 13.2 Å². The number of rotatable bonds is 7. The van der Waals surface area contributed by atoms with E-state index < -0.39 is 16.8 Å². The summed E-state index contributed by atoms with van der Waals surface area (Å²) in [5, 5.41) is 16.9. The summed E-state index contributed by atoms with van der Waals surface area (Å²) in [5.74, 6) is -1.35. The Morgan fingerprint density at radius 1 is 1.24 bits per heavy atom. The van der Waals surface area contributed by atoms with E-state index in [4.69, 9.17) is 9.47 Å². The molecule has 4 rings (SSSR count). The number of allylic oxidation sites excluding steroid dienone is 3. The van der Waals surface area contributed by atoms with E-state index in [-0.39, 0.29) is 36.2 Å². The number of carbonyl (C=O) groups is 2. The molecule has 1 N–H and O–H groups in total. The highest BCUT2D eigenvalue weighted by molar-refractivity contribution is 7.10. The molecule has 2 aliphatic rings. The Hall–Kier alpha value is -3.30. The zero-order chi connectivity index (χ0) is 24.4. The number of ketones is 1. The number of methoxy groups -OCH3 is 1. The van der Waals surface area contributed by atoms with Gasteiger partial charge in [0, 0.05) is 58.8 Å². The summed E-state index contributed by atoms with van der Waals surface area (Å²) in [7, 11) is 1.51. The first kappa shape index (κ1) is 23.8. The van der Waals surface area contributed by atoms with Gasteiger partial charge in [0.15, 0.2) is 5.78 Å². The number of nitrogens with zero attached hydrogens (tertiary/aromatic N) is 1. The molecule has 1 aromatic heterocycles. The predicted molar refractivity (Wildman–Crippen MR) is 128 cm³/mol. The molecule has 0 radical (unpaired) electrons. The number of carbonyl (C=O) groups excluding carboxylic acids is 2. The van der Waals surface area contributed by atoms with Gasteiger partial charge in [0.2, 0.25) is 0 Å². The van der Waals surface area contributed by atoms with Crippen LogP contribution in [0.25, 0.3) is 0 Å². The topological polar surface area (TPSA) is 108 Å². The smallest absolute Gasteiger partial charge is 0.336 e.